The highest BCUT2D eigenvalue weighted by Gasteiger charge is 2.39. The molecule has 1 fully saturated rings. The second-order valence-electron chi connectivity index (χ2n) is 4.17. The van der Waals surface area contributed by atoms with Gasteiger partial charge in [0.25, 0.3) is 0 Å². The Bertz CT molecular complexity index is 427. The average Bonchev–Trinajstić information content (AvgIpc) is 2.24. The first-order valence-electron chi connectivity index (χ1n) is 5.12. The molecule has 0 bridgehead atoms. The van der Waals surface area contributed by atoms with Crippen LogP contribution in [-0.4, -0.2) is 20.2 Å². The van der Waals surface area contributed by atoms with E-state index in [0.717, 1.165) is 6.07 Å². The molecule has 0 amide bonds. The SMILES string of the molecule is COc1ccc(C2(N)CNC2)cc1C(F)(F)F. The van der Waals surface area contributed by atoms with Crippen LogP contribution in [0.3, 0.4) is 0 Å². The first-order chi connectivity index (χ1) is 7.87. The number of rotatable bonds is 2. The molecule has 0 radical (unpaired) electrons. The van der Waals surface area contributed by atoms with Gasteiger partial charge < -0.3 is 15.8 Å². The Morgan fingerprint density at radius 2 is 2.00 bits per heavy atom. The molecule has 0 aromatic heterocycles. The normalized spacial score (nSPS) is 18.6. The van der Waals surface area contributed by atoms with Gasteiger partial charge in [0.2, 0.25) is 0 Å². The Balaban J connectivity index is 2.45. The zero-order chi connectivity index (χ0) is 12.7. The maximum absolute atomic E-state index is 12.8. The third-order valence-electron chi connectivity index (χ3n) is 2.96. The van der Waals surface area contributed by atoms with Gasteiger partial charge in [-0.3, -0.25) is 0 Å². The minimum atomic E-state index is -4.44. The summed E-state index contributed by atoms with van der Waals surface area (Å²) < 4.78 is 43.1. The van der Waals surface area contributed by atoms with E-state index in [1.807, 2.05) is 0 Å². The molecule has 1 aromatic carbocycles. The number of benzene rings is 1. The fourth-order valence-electron chi connectivity index (χ4n) is 1.84. The van der Waals surface area contributed by atoms with Crippen molar-refractivity contribution in [3.8, 4) is 5.75 Å². The van der Waals surface area contributed by atoms with Crippen molar-refractivity contribution in [2.24, 2.45) is 5.73 Å². The van der Waals surface area contributed by atoms with Crippen molar-refractivity contribution >= 4 is 0 Å². The largest absolute Gasteiger partial charge is 0.496 e. The summed E-state index contributed by atoms with van der Waals surface area (Å²) in [6.45, 7) is 0.966. The molecular weight excluding hydrogens is 233 g/mol. The summed E-state index contributed by atoms with van der Waals surface area (Å²) in [5, 5.41) is 2.95. The van der Waals surface area contributed by atoms with Crippen LogP contribution in [0.5, 0.6) is 5.75 Å². The Kier molecular flexibility index (Phi) is 2.79. The molecule has 1 saturated heterocycles. The van der Waals surface area contributed by atoms with Crippen LogP contribution in [0, 0.1) is 0 Å². The lowest BCUT2D eigenvalue weighted by atomic mass is 9.84. The summed E-state index contributed by atoms with van der Waals surface area (Å²) in [5.74, 6) is -0.183. The standard InChI is InChI=1S/C11H13F3N2O/c1-17-9-3-2-7(10(15)5-16-6-10)4-8(9)11(12,13)14/h2-4,16H,5-6,15H2,1H3. The number of nitrogens with one attached hydrogen (secondary N) is 1. The van der Waals surface area contributed by atoms with Gasteiger partial charge in [0.05, 0.1) is 18.2 Å². The fourth-order valence-corrected chi connectivity index (χ4v) is 1.84. The summed E-state index contributed by atoms with van der Waals surface area (Å²) in [6, 6.07) is 3.96. The number of nitrogens with two attached hydrogens (primary N) is 1. The maximum atomic E-state index is 12.8. The third kappa shape index (κ3) is 2.10. The van der Waals surface area contributed by atoms with Crippen LogP contribution < -0.4 is 15.8 Å². The molecule has 2 rings (SSSR count). The molecule has 0 unspecified atom stereocenters. The van der Waals surface area contributed by atoms with E-state index in [0.29, 0.717) is 18.7 Å². The molecule has 0 saturated carbocycles. The van der Waals surface area contributed by atoms with Crippen LogP contribution in [-0.2, 0) is 11.7 Å². The van der Waals surface area contributed by atoms with Crippen LogP contribution in [0.1, 0.15) is 11.1 Å². The highest BCUT2D eigenvalue weighted by atomic mass is 19.4. The number of ether oxygens (including phenoxy) is 1. The number of hydrogen-bond donors (Lipinski definition) is 2. The highest BCUT2D eigenvalue weighted by Crippen LogP contribution is 2.38. The molecule has 1 aliphatic heterocycles. The zero-order valence-electron chi connectivity index (χ0n) is 9.27. The fraction of sp³-hybridized carbons (Fsp3) is 0.455. The van der Waals surface area contributed by atoms with Crippen molar-refractivity contribution in [1.82, 2.24) is 5.32 Å². The summed E-state index contributed by atoms with van der Waals surface area (Å²) >= 11 is 0. The van der Waals surface area contributed by atoms with Gasteiger partial charge in [-0.15, -0.1) is 0 Å². The van der Waals surface area contributed by atoms with Crippen molar-refractivity contribution in [2.75, 3.05) is 20.2 Å². The Hall–Kier alpha value is -1.27. The smallest absolute Gasteiger partial charge is 0.419 e. The minimum absolute atomic E-state index is 0.183. The second kappa shape index (κ2) is 3.89. The van der Waals surface area contributed by atoms with Crippen LogP contribution in [0.4, 0.5) is 13.2 Å². The third-order valence-corrected chi connectivity index (χ3v) is 2.96. The highest BCUT2D eigenvalue weighted by molar-refractivity contribution is 5.42. The van der Waals surface area contributed by atoms with Crippen LogP contribution in [0.25, 0.3) is 0 Å². The Morgan fingerprint density at radius 3 is 2.41 bits per heavy atom. The van der Waals surface area contributed by atoms with E-state index in [1.54, 1.807) is 6.07 Å². The number of halogens is 3. The molecule has 17 heavy (non-hydrogen) atoms. The van der Waals surface area contributed by atoms with Crippen LogP contribution in [0.15, 0.2) is 18.2 Å². The van der Waals surface area contributed by atoms with E-state index in [4.69, 9.17) is 10.5 Å². The number of methoxy groups -OCH3 is 1. The van der Waals surface area contributed by atoms with E-state index in [1.165, 1.54) is 13.2 Å². The predicted molar refractivity (Wildman–Crippen MR) is 56.7 cm³/mol. The Morgan fingerprint density at radius 1 is 1.35 bits per heavy atom. The lowest BCUT2D eigenvalue weighted by Gasteiger charge is -2.39. The van der Waals surface area contributed by atoms with E-state index in [9.17, 15) is 13.2 Å². The Labute approximate surface area is 96.8 Å². The lowest BCUT2D eigenvalue weighted by Crippen LogP contribution is -2.62. The molecule has 0 aliphatic carbocycles. The molecule has 3 nitrogen and oxygen atoms in total. The molecule has 1 aliphatic rings. The van der Waals surface area contributed by atoms with Crippen LogP contribution in [0.2, 0.25) is 0 Å². The summed E-state index contributed by atoms with van der Waals surface area (Å²) in [7, 11) is 1.22. The van der Waals surface area contributed by atoms with Crippen molar-refractivity contribution in [2.45, 2.75) is 11.7 Å². The first kappa shape index (κ1) is 12.2. The number of alkyl halides is 3. The van der Waals surface area contributed by atoms with Crippen molar-refractivity contribution in [3.05, 3.63) is 29.3 Å². The van der Waals surface area contributed by atoms with E-state index >= 15 is 0 Å². The first-order valence-corrected chi connectivity index (χ1v) is 5.12. The minimum Gasteiger partial charge on any atom is -0.496 e. The van der Waals surface area contributed by atoms with Gasteiger partial charge in [0, 0.05) is 13.1 Å². The van der Waals surface area contributed by atoms with Gasteiger partial charge in [-0.25, -0.2) is 0 Å². The molecule has 6 heteroatoms. The molecular formula is C11H13F3N2O. The summed E-state index contributed by atoms with van der Waals surface area (Å²) in [6.07, 6.45) is -4.44. The monoisotopic (exact) mass is 246 g/mol. The predicted octanol–water partition coefficient (Wildman–Crippen LogP) is 1.47. The summed E-state index contributed by atoms with van der Waals surface area (Å²) in [5.41, 5.74) is 4.95. The molecule has 0 spiro atoms. The van der Waals surface area contributed by atoms with Crippen molar-refractivity contribution < 1.29 is 17.9 Å². The van der Waals surface area contributed by atoms with Gasteiger partial charge in [-0.2, -0.15) is 13.2 Å². The molecule has 1 aromatic rings. The van der Waals surface area contributed by atoms with Gasteiger partial charge >= 0.3 is 6.18 Å². The molecule has 1 heterocycles. The van der Waals surface area contributed by atoms with Crippen molar-refractivity contribution in [1.29, 1.82) is 0 Å². The van der Waals surface area contributed by atoms with Gasteiger partial charge in [-0.05, 0) is 17.7 Å². The quantitative estimate of drug-likeness (QED) is 0.830. The van der Waals surface area contributed by atoms with Gasteiger partial charge in [0.15, 0.2) is 0 Å². The van der Waals surface area contributed by atoms with Crippen LogP contribution >= 0.6 is 0 Å². The molecule has 0 atom stereocenters. The average molecular weight is 246 g/mol. The zero-order valence-corrected chi connectivity index (χ0v) is 9.27. The topological polar surface area (TPSA) is 47.3 Å². The van der Waals surface area contributed by atoms with E-state index < -0.39 is 17.3 Å². The van der Waals surface area contributed by atoms with E-state index in [2.05, 4.69) is 5.32 Å². The van der Waals surface area contributed by atoms with Gasteiger partial charge in [-0.1, -0.05) is 6.07 Å². The van der Waals surface area contributed by atoms with Crippen molar-refractivity contribution in [3.63, 3.8) is 0 Å². The van der Waals surface area contributed by atoms with E-state index in [-0.39, 0.29) is 5.75 Å². The lowest BCUT2D eigenvalue weighted by molar-refractivity contribution is -0.138. The number of hydrogen-bond acceptors (Lipinski definition) is 3. The molecule has 94 valence electrons. The van der Waals surface area contributed by atoms with Gasteiger partial charge in [0.1, 0.15) is 5.75 Å². The maximum Gasteiger partial charge on any atom is 0.419 e. The second-order valence-corrected chi connectivity index (χ2v) is 4.17. The summed E-state index contributed by atoms with van der Waals surface area (Å²) in [4.78, 5) is 0. The molecule has 3 N–H and O–H groups in total.